The molecule has 19 heavy (non-hydrogen) atoms. The second kappa shape index (κ2) is 4.73. The fourth-order valence-electron chi connectivity index (χ4n) is 2.31. The molecule has 0 spiro atoms. The minimum Gasteiger partial charge on any atom is -0.395 e. The average molecular weight is 262 g/mol. The van der Waals surface area contributed by atoms with Crippen molar-refractivity contribution in [3.63, 3.8) is 0 Å². The van der Waals surface area contributed by atoms with Crippen molar-refractivity contribution in [2.24, 2.45) is 5.41 Å². The van der Waals surface area contributed by atoms with E-state index < -0.39 is 5.41 Å². The van der Waals surface area contributed by atoms with Gasteiger partial charge in [0.05, 0.1) is 19.8 Å². The number of hydrogen-bond acceptors (Lipinski definition) is 3. The zero-order valence-corrected chi connectivity index (χ0v) is 12.1. The maximum Gasteiger partial charge on any atom is 0.176 e. The number of ketones is 1. The van der Waals surface area contributed by atoms with Crippen molar-refractivity contribution in [1.82, 2.24) is 0 Å². The van der Waals surface area contributed by atoms with Crippen LogP contribution in [0.5, 0.6) is 0 Å². The lowest BCUT2D eigenvalue weighted by atomic mass is 9.77. The Hall–Kier alpha value is -1.19. The quantitative estimate of drug-likeness (QED) is 0.851. The van der Waals surface area contributed by atoms with Gasteiger partial charge in [0.15, 0.2) is 5.78 Å². The van der Waals surface area contributed by atoms with Crippen LogP contribution in [0.1, 0.15) is 42.3 Å². The van der Waals surface area contributed by atoms with E-state index in [9.17, 15) is 9.90 Å². The van der Waals surface area contributed by atoms with Gasteiger partial charge in [-0.2, -0.15) is 0 Å². The standard InChI is InChI=1S/C16H22O3/c1-11-7-12(15(2,3)4)5-6-13(11)14(18)16(8-17)9-19-10-16/h5-7,17H,8-10H2,1-4H3. The third-order valence-corrected chi connectivity index (χ3v) is 3.88. The van der Waals surface area contributed by atoms with E-state index in [0.717, 1.165) is 5.56 Å². The predicted octanol–water partition coefficient (Wildman–Crippen LogP) is 2.48. The van der Waals surface area contributed by atoms with Crippen LogP contribution in [0.4, 0.5) is 0 Å². The molecule has 0 aliphatic carbocycles. The van der Waals surface area contributed by atoms with Gasteiger partial charge in [-0.25, -0.2) is 0 Å². The molecule has 1 heterocycles. The number of aliphatic hydroxyl groups is 1. The fraction of sp³-hybridized carbons (Fsp3) is 0.562. The van der Waals surface area contributed by atoms with Crippen LogP contribution >= 0.6 is 0 Å². The Bertz CT molecular complexity index is 488. The van der Waals surface area contributed by atoms with Crippen LogP contribution in [-0.2, 0) is 10.2 Å². The van der Waals surface area contributed by atoms with Gasteiger partial charge in [0.2, 0.25) is 0 Å². The smallest absolute Gasteiger partial charge is 0.176 e. The molecule has 0 saturated carbocycles. The van der Waals surface area contributed by atoms with Crippen molar-refractivity contribution >= 4 is 5.78 Å². The molecule has 0 amide bonds. The number of carbonyl (C=O) groups is 1. The molecule has 1 saturated heterocycles. The van der Waals surface area contributed by atoms with Crippen LogP contribution in [0.2, 0.25) is 0 Å². The highest BCUT2D eigenvalue weighted by atomic mass is 16.5. The van der Waals surface area contributed by atoms with Gasteiger partial charge >= 0.3 is 0 Å². The summed E-state index contributed by atoms with van der Waals surface area (Å²) in [6.45, 7) is 8.90. The first-order chi connectivity index (χ1) is 8.80. The van der Waals surface area contributed by atoms with E-state index in [1.807, 2.05) is 19.1 Å². The summed E-state index contributed by atoms with van der Waals surface area (Å²) in [7, 11) is 0. The first-order valence-corrected chi connectivity index (χ1v) is 6.65. The molecule has 1 aromatic rings. The zero-order chi connectivity index (χ0) is 14.3. The average Bonchev–Trinajstić information content (AvgIpc) is 2.26. The highest BCUT2D eigenvalue weighted by molar-refractivity contribution is 6.02. The van der Waals surface area contributed by atoms with Gasteiger partial charge in [-0.1, -0.05) is 39.0 Å². The number of aryl methyl sites for hydroxylation is 1. The molecule has 0 atom stereocenters. The Kier molecular flexibility index (Phi) is 3.54. The highest BCUT2D eigenvalue weighted by Crippen LogP contribution is 2.33. The maximum absolute atomic E-state index is 12.5. The first kappa shape index (κ1) is 14.2. The normalized spacial score (nSPS) is 17.9. The van der Waals surface area contributed by atoms with E-state index in [1.54, 1.807) is 0 Å². The van der Waals surface area contributed by atoms with Crippen molar-refractivity contribution in [2.45, 2.75) is 33.1 Å². The van der Waals surface area contributed by atoms with Crippen molar-refractivity contribution in [3.05, 3.63) is 34.9 Å². The number of Topliss-reactive ketones (excluding diaryl/α,β-unsaturated/α-hetero) is 1. The lowest BCUT2D eigenvalue weighted by molar-refractivity contribution is -0.109. The van der Waals surface area contributed by atoms with Crippen molar-refractivity contribution < 1.29 is 14.6 Å². The second-order valence-corrected chi connectivity index (χ2v) is 6.54. The molecule has 1 aromatic carbocycles. The maximum atomic E-state index is 12.5. The zero-order valence-electron chi connectivity index (χ0n) is 12.1. The molecule has 0 radical (unpaired) electrons. The van der Waals surface area contributed by atoms with Crippen LogP contribution in [0.3, 0.4) is 0 Å². The Morgan fingerprint density at radius 1 is 1.37 bits per heavy atom. The van der Waals surface area contributed by atoms with Gasteiger partial charge in [0.1, 0.15) is 5.41 Å². The van der Waals surface area contributed by atoms with Gasteiger partial charge in [-0.3, -0.25) is 4.79 Å². The number of aliphatic hydroxyl groups excluding tert-OH is 1. The minimum atomic E-state index is -0.714. The lowest BCUT2D eigenvalue weighted by Crippen LogP contribution is -2.52. The molecule has 1 aliphatic heterocycles. The molecule has 3 heteroatoms. The molecule has 2 rings (SSSR count). The van der Waals surface area contributed by atoms with Gasteiger partial charge in [0, 0.05) is 5.56 Å². The topological polar surface area (TPSA) is 46.5 Å². The Balaban J connectivity index is 2.34. The summed E-state index contributed by atoms with van der Waals surface area (Å²) < 4.78 is 5.11. The molecule has 0 bridgehead atoms. The molecule has 0 aromatic heterocycles. The van der Waals surface area contributed by atoms with E-state index in [2.05, 4.69) is 26.8 Å². The van der Waals surface area contributed by atoms with E-state index in [4.69, 9.17) is 4.74 Å². The molecule has 0 unspecified atom stereocenters. The summed E-state index contributed by atoms with van der Waals surface area (Å²) in [6.07, 6.45) is 0. The summed E-state index contributed by atoms with van der Waals surface area (Å²) in [5, 5.41) is 9.44. The molecular weight excluding hydrogens is 240 g/mol. The summed E-state index contributed by atoms with van der Waals surface area (Å²) >= 11 is 0. The van der Waals surface area contributed by atoms with Crippen molar-refractivity contribution in [3.8, 4) is 0 Å². The number of hydrogen-bond donors (Lipinski definition) is 1. The Morgan fingerprint density at radius 2 is 2.00 bits per heavy atom. The second-order valence-electron chi connectivity index (χ2n) is 6.54. The van der Waals surface area contributed by atoms with E-state index in [0.29, 0.717) is 18.8 Å². The van der Waals surface area contributed by atoms with Crippen molar-refractivity contribution in [1.29, 1.82) is 0 Å². The Labute approximate surface area is 114 Å². The SMILES string of the molecule is Cc1cc(C(C)(C)C)ccc1C(=O)C1(CO)COC1. The molecular formula is C16H22O3. The molecule has 1 fully saturated rings. The predicted molar refractivity (Wildman–Crippen MR) is 74.5 cm³/mol. The van der Waals surface area contributed by atoms with Gasteiger partial charge in [0.25, 0.3) is 0 Å². The number of benzene rings is 1. The first-order valence-electron chi connectivity index (χ1n) is 6.65. The summed E-state index contributed by atoms with van der Waals surface area (Å²) in [5.74, 6) is -0.000732. The van der Waals surface area contributed by atoms with E-state index in [1.165, 1.54) is 5.56 Å². The van der Waals surface area contributed by atoms with Crippen LogP contribution in [-0.4, -0.2) is 30.7 Å². The van der Waals surface area contributed by atoms with Gasteiger partial charge in [-0.05, 0) is 23.5 Å². The van der Waals surface area contributed by atoms with Gasteiger partial charge < -0.3 is 9.84 Å². The molecule has 104 valence electrons. The highest BCUT2D eigenvalue weighted by Gasteiger charge is 2.46. The lowest BCUT2D eigenvalue weighted by Gasteiger charge is -2.38. The molecule has 1 aliphatic rings. The van der Waals surface area contributed by atoms with Crippen LogP contribution in [0.15, 0.2) is 18.2 Å². The monoisotopic (exact) mass is 262 g/mol. The summed E-state index contributed by atoms with van der Waals surface area (Å²) in [4.78, 5) is 12.5. The van der Waals surface area contributed by atoms with E-state index >= 15 is 0 Å². The number of ether oxygens (including phenoxy) is 1. The molecule has 1 N–H and O–H groups in total. The van der Waals surface area contributed by atoms with Gasteiger partial charge in [-0.15, -0.1) is 0 Å². The van der Waals surface area contributed by atoms with Crippen molar-refractivity contribution in [2.75, 3.05) is 19.8 Å². The molecule has 3 nitrogen and oxygen atoms in total. The number of rotatable bonds is 3. The Morgan fingerprint density at radius 3 is 2.37 bits per heavy atom. The van der Waals surface area contributed by atoms with Crippen LogP contribution in [0, 0.1) is 12.3 Å². The third kappa shape index (κ3) is 2.45. The fourth-order valence-corrected chi connectivity index (χ4v) is 2.31. The summed E-state index contributed by atoms with van der Waals surface area (Å²) in [5.41, 5.74) is 2.24. The minimum absolute atomic E-state index is 0.000732. The largest absolute Gasteiger partial charge is 0.395 e. The summed E-state index contributed by atoms with van der Waals surface area (Å²) in [6, 6.07) is 5.96. The van der Waals surface area contributed by atoms with Crippen LogP contribution < -0.4 is 0 Å². The third-order valence-electron chi connectivity index (χ3n) is 3.88. The van der Waals surface area contributed by atoms with Crippen LogP contribution in [0.25, 0.3) is 0 Å². The number of carbonyl (C=O) groups excluding carboxylic acids is 1. The van der Waals surface area contributed by atoms with E-state index in [-0.39, 0.29) is 17.8 Å².